The summed E-state index contributed by atoms with van der Waals surface area (Å²) in [5.74, 6) is 0.243. The van der Waals surface area contributed by atoms with E-state index in [4.69, 9.17) is 0 Å². The van der Waals surface area contributed by atoms with E-state index in [2.05, 4.69) is 20.8 Å². The molecule has 0 saturated heterocycles. The minimum atomic E-state index is -0.429. The standard InChI is InChI=1S/C23H27N5O2S/c1-14-9-11-18(12-10-14)21-26-27-23(28(21)5)31-17(4)22(30)24-13-19(29)25-20-15(2)7-6-8-16(20)3/h6-12,17H,13H2,1-5H3,(H,24,30)(H,25,29). The summed E-state index contributed by atoms with van der Waals surface area (Å²) in [5, 5.41) is 14.3. The van der Waals surface area contributed by atoms with Gasteiger partial charge in [-0.2, -0.15) is 0 Å². The molecule has 7 nitrogen and oxygen atoms in total. The summed E-state index contributed by atoms with van der Waals surface area (Å²) in [4.78, 5) is 24.8. The molecule has 1 unspecified atom stereocenters. The quantitative estimate of drug-likeness (QED) is 0.551. The maximum absolute atomic E-state index is 12.5. The SMILES string of the molecule is Cc1ccc(-c2nnc(SC(C)C(=O)NCC(=O)Nc3c(C)cccc3C)n2C)cc1. The number of hydrogen-bond donors (Lipinski definition) is 2. The Labute approximate surface area is 186 Å². The number of nitrogens with zero attached hydrogens (tertiary/aromatic N) is 3. The lowest BCUT2D eigenvalue weighted by Crippen LogP contribution is -2.37. The fraction of sp³-hybridized carbons (Fsp3) is 0.304. The zero-order valence-electron chi connectivity index (χ0n) is 18.4. The summed E-state index contributed by atoms with van der Waals surface area (Å²) >= 11 is 1.30. The van der Waals surface area contributed by atoms with Crippen molar-refractivity contribution in [3.8, 4) is 11.4 Å². The normalized spacial score (nSPS) is 11.8. The number of para-hydroxylation sites is 1. The van der Waals surface area contributed by atoms with E-state index in [-0.39, 0.29) is 18.4 Å². The predicted molar refractivity (Wildman–Crippen MR) is 124 cm³/mol. The van der Waals surface area contributed by atoms with Crippen LogP contribution < -0.4 is 10.6 Å². The van der Waals surface area contributed by atoms with Crippen LogP contribution in [0.3, 0.4) is 0 Å². The second kappa shape index (κ2) is 9.78. The van der Waals surface area contributed by atoms with Crippen molar-refractivity contribution in [2.45, 2.75) is 38.1 Å². The van der Waals surface area contributed by atoms with Crippen LogP contribution in [-0.2, 0) is 16.6 Å². The highest BCUT2D eigenvalue weighted by molar-refractivity contribution is 8.00. The molecular formula is C23H27N5O2S. The number of aryl methyl sites for hydroxylation is 3. The molecule has 0 aliphatic carbocycles. The van der Waals surface area contributed by atoms with E-state index in [0.717, 1.165) is 28.2 Å². The minimum absolute atomic E-state index is 0.0923. The van der Waals surface area contributed by atoms with E-state index in [1.54, 1.807) is 6.92 Å². The second-order valence-electron chi connectivity index (χ2n) is 7.52. The molecule has 0 radical (unpaired) electrons. The fourth-order valence-corrected chi connectivity index (χ4v) is 3.93. The summed E-state index contributed by atoms with van der Waals surface area (Å²) in [6.07, 6.45) is 0. The highest BCUT2D eigenvalue weighted by Crippen LogP contribution is 2.26. The van der Waals surface area contributed by atoms with Crippen molar-refractivity contribution >= 4 is 29.3 Å². The van der Waals surface area contributed by atoms with E-state index < -0.39 is 5.25 Å². The van der Waals surface area contributed by atoms with Gasteiger partial charge < -0.3 is 15.2 Å². The Morgan fingerprint density at radius 2 is 1.68 bits per heavy atom. The zero-order valence-corrected chi connectivity index (χ0v) is 19.2. The van der Waals surface area contributed by atoms with Gasteiger partial charge in [-0.15, -0.1) is 10.2 Å². The van der Waals surface area contributed by atoms with Gasteiger partial charge in [0.25, 0.3) is 0 Å². The van der Waals surface area contributed by atoms with Gasteiger partial charge in [-0.25, -0.2) is 0 Å². The molecule has 31 heavy (non-hydrogen) atoms. The van der Waals surface area contributed by atoms with Crippen molar-refractivity contribution in [2.24, 2.45) is 7.05 Å². The minimum Gasteiger partial charge on any atom is -0.346 e. The van der Waals surface area contributed by atoms with Gasteiger partial charge in [0.15, 0.2) is 11.0 Å². The molecule has 0 bridgehead atoms. The topological polar surface area (TPSA) is 88.9 Å². The number of amides is 2. The number of benzene rings is 2. The first-order chi connectivity index (χ1) is 14.8. The molecule has 3 rings (SSSR count). The van der Waals surface area contributed by atoms with E-state index in [1.165, 1.54) is 17.3 Å². The fourth-order valence-electron chi connectivity index (χ4n) is 3.09. The molecule has 1 atom stereocenters. The van der Waals surface area contributed by atoms with Crippen LogP contribution in [0.5, 0.6) is 0 Å². The predicted octanol–water partition coefficient (Wildman–Crippen LogP) is 3.64. The molecule has 0 aliphatic heterocycles. The highest BCUT2D eigenvalue weighted by atomic mass is 32.2. The third kappa shape index (κ3) is 5.52. The molecule has 0 spiro atoms. The van der Waals surface area contributed by atoms with Gasteiger partial charge in [-0.1, -0.05) is 59.8 Å². The average molecular weight is 438 g/mol. The average Bonchev–Trinajstić information content (AvgIpc) is 3.09. The van der Waals surface area contributed by atoms with Crippen LogP contribution >= 0.6 is 11.8 Å². The van der Waals surface area contributed by atoms with Crippen molar-refractivity contribution in [3.05, 3.63) is 59.2 Å². The Morgan fingerprint density at radius 1 is 1.03 bits per heavy atom. The van der Waals surface area contributed by atoms with Crippen LogP contribution in [0, 0.1) is 20.8 Å². The van der Waals surface area contributed by atoms with Gasteiger partial charge in [0.05, 0.1) is 11.8 Å². The monoisotopic (exact) mass is 437 g/mol. The van der Waals surface area contributed by atoms with Crippen molar-refractivity contribution in [3.63, 3.8) is 0 Å². The number of aromatic nitrogens is 3. The summed E-state index contributed by atoms with van der Waals surface area (Å²) in [7, 11) is 1.88. The molecule has 2 N–H and O–H groups in total. The smallest absolute Gasteiger partial charge is 0.243 e. The van der Waals surface area contributed by atoms with Crippen LogP contribution in [0.1, 0.15) is 23.6 Å². The van der Waals surface area contributed by atoms with E-state index in [9.17, 15) is 9.59 Å². The molecule has 1 aromatic heterocycles. The number of hydrogen-bond acceptors (Lipinski definition) is 5. The lowest BCUT2D eigenvalue weighted by atomic mass is 10.1. The molecule has 0 fully saturated rings. The van der Waals surface area contributed by atoms with Crippen LogP contribution in [-0.4, -0.2) is 38.4 Å². The molecular weight excluding hydrogens is 410 g/mol. The first-order valence-electron chi connectivity index (χ1n) is 10.0. The second-order valence-corrected chi connectivity index (χ2v) is 8.83. The van der Waals surface area contributed by atoms with Crippen molar-refractivity contribution in [1.29, 1.82) is 0 Å². The summed E-state index contributed by atoms with van der Waals surface area (Å²) in [6.45, 7) is 7.59. The van der Waals surface area contributed by atoms with Gasteiger partial charge in [0.2, 0.25) is 11.8 Å². The Morgan fingerprint density at radius 3 is 2.32 bits per heavy atom. The number of thioether (sulfide) groups is 1. The van der Waals surface area contributed by atoms with Crippen LogP contribution in [0.25, 0.3) is 11.4 Å². The van der Waals surface area contributed by atoms with E-state index in [1.807, 2.05) is 74.9 Å². The van der Waals surface area contributed by atoms with Crippen molar-refractivity contribution < 1.29 is 9.59 Å². The molecule has 162 valence electrons. The molecule has 0 saturated carbocycles. The van der Waals surface area contributed by atoms with E-state index in [0.29, 0.717) is 5.16 Å². The molecule has 8 heteroatoms. The first kappa shape index (κ1) is 22.6. The molecule has 0 aliphatic rings. The van der Waals surface area contributed by atoms with Gasteiger partial charge in [0.1, 0.15) is 0 Å². The highest BCUT2D eigenvalue weighted by Gasteiger charge is 2.20. The van der Waals surface area contributed by atoms with Gasteiger partial charge in [-0.3, -0.25) is 9.59 Å². The Hall–Kier alpha value is -3.13. The summed E-state index contributed by atoms with van der Waals surface area (Å²) < 4.78 is 1.87. The van der Waals surface area contributed by atoms with Crippen molar-refractivity contribution in [2.75, 3.05) is 11.9 Å². The van der Waals surface area contributed by atoms with Crippen LogP contribution in [0.15, 0.2) is 47.6 Å². The van der Waals surface area contributed by atoms with Crippen LogP contribution in [0.2, 0.25) is 0 Å². The Bertz CT molecular complexity index is 1070. The number of carbonyl (C=O) groups excluding carboxylic acids is 2. The van der Waals surface area contributed by atoms with Crippen LogP contribution in [0.4, 0.5) is 5.69 Å². The maximum Gasteiger partial charge on any atom is 0.243 e. The zero-order chi connectivity index (χ0) is 22.5. The summed E-state index contributed by atoms with van der Waals surface area (Å²) in [6, 6.07) is 13.9. The van der Waals surface area contributed by atoms with Gasteiger partial charge >= 0.3 is 0 Å². The first-order valence-corrected chi connectivity index (χ1v) is 10.9. The number of rotatable bonds is 7. The third-order valence-electron chi connectivity index (χ3n) is 4.96. The third-order valence-corrected chi connectivity index (χ3v) is 6.10. The Kier molecular flexibility index (Phi) is 7.12. The number of anilines is 1. The molecule has 1 heterocycles. The molecule has 2 amide bonds. The summed E-state index contributed by atoms with van der Waals surface area (Å²) in [5.41, 5.74) is 4.89. The maximum atomic E-state index is 12.5. The lowest BCUT2D eigenvalue weighted by molar-refractivity contribution is -0.123. The van der Waals surface area contributed by atoms with E-state index >= 15 is 0 Å². The lowest BCUT2D eigenvalue weighted by Gasteiger charge is -2.14. The van der Waals surface area contributed by atoms with Gasteiger partial charge in [0, 0.05) is 18.3 Å². The van der Waals surface area contributed by atoms with Crippen molar-refractivity contribution in [1.82, 2.24) is 20.1 Å². The molecule has 3 aromatic rings. The Balaban J connectivity index is 1.56. The molecule has 2 aromatic carbocycles. The largest absolute Gasteiger partial charge is 0.346 e. The van der Waals surface area contributed by atoms with Gasteiger partial charge in [-0.05, 0) is 38.8 Å². The number of carbonyl (C=O) groups is 2. The number of nitrogens with one attached hydrogen (secondary N) is 2.